The number of benzene rings is 1. The van der Waals surface area contributed by atoms with Gasteiger partial charge in [0.05, 0.1) is 6.42 Å². The topological polar surface area (TPSA) is 76.2 Å². The van der Waals surface area contributed by atoms with Gasteiger partial charge in [0.2, 0.25) is 0 Å². The van der Waals surface area contributed by atoms with Crippen molar-refractivity contribution in [3.63, 3.8) is 0 Å². The van der Waals surface area contributed by atoms with E-state index in [9.17, 15) is 4.79 Å². The molecule has 0 amide bonds. The van der Waals surface area contributed by atoms with E-state index in [-0.39, 0.29) is 12.2 Å². The Balaban J connectivity index is 2.54. The largest absolute Gasteiger partial charge is 0.481 e. The average Bonchev–Trinajstić information content (AvgIpc) is 2.32. The minimum Gasteiger partial charge on any atom is -0.481 e. The van der Waals surface area contributed by atoms with Crippen LogP contribution in [0, 0.1) is 0 Å². The van der Waals surface area contributed by atoms with Crippen LogP contribution in [0.15, 0.2) is 30.5 Å². The van der Waals surface area contributed by atoms with E-state index in [1.807, 2.05) is 0 Å². The summed E-state index contributed by atoms with van der Waals surface area (Å²) in [7, 11) is 0. The molecule has 98 valence electrons. The monoisotopic (exact) mass is 296 g/mol. The first-order valence-electron chi connectivity index (χ1n) is 5.39. The van der Waals surface area contributed by atoms with Crippen molar-refractivity contribution in [1.29, 1.82) is 0 Å². The van der Waals surface area contributed by atoms with Crippen molar-refractivity contribution in [1.82, 2.24) is 4.98 Å². The molecule has 1 heterocycles. The van der Waals surface area contributed by atoms with E-state index in [4.69, 9.17) is 34.0 Å². The van der Waals surface area contributed by atoms with Crippen molar-refractivity contribution >= 4 is 35.0 Å². The number of nitrogens with two attached hydrogens (primary N) is 1. The number of carbonyl (C=O) groups is 1. The maximum absolute atomic E-state index is 10.8. The molecule has 0 spiro atoms. The van der Waals surface area contributed by atoms with Crippen LogP contribution in [0.4, 0.5) is 5.82 Å². The van der Waals surface area contributed by atoms with Gasteiger partial charge in [0, 0.05) is 32.9 Å². The molecule has 0 bridgehead atoms. The molecule has 0 fully saturated rings. The van der Waals surface area contributed by atoms with Gasteiger partial charge in [-0.2, -0.15) is 0 Å². The number of halogens is 2. The summed E-state index contributed by atoms with van der Waals surface area (Å²) in [5.41, 5.74) is 7.34. The Hall–Kier alpha value is -1.78. The maximum atomic E-state index is 10.8. The van der Waals surface area contributed by atoms with Crippen molar-refractivity contribution in [3.05, 3.63) is 46.1 Å². The SMILES string of the molecule is Nc1ncc(-c2c(Cl)cccc2Cl)cc1CC(=O)O. The smallest absolute Gasteiger partial charge is 0.307 e. The Bertz CT molecular complexity index is 624. The summed E-state index contributed by atoms with van der Waals surface area (Å²) in [6.07, 6.45) is 1.32. The van der Waals surface area contributed by atoms with Crippen LogP contribution < -0.4 is 5.73 Å². The Morgan fingerprint density at radius 3 is 2.53 bits per heavy atom. The summed E-state index contributed by atoms with van der Waals surface area (Å²) < 4.78 is 0. The number of anilines is 1. The molecule has 1 aromatic heterocycles. The van der Waals surface area contributed by atoms with Crippen molar-refractivity contribution in [2.24, 2.45) is 0 Å². The van der Waals surface area contributed by atoms with Crippen LogP contribution in [0.25, 0.3) is 11.1 Å². The molecule has 3 N–H and O–H groups in total. The van der Waals surface area contributed by atoms with Crippen LogP contribution in [0.3, 0.4) is 0 Å². The summed E-state index contributed by atoms with van der Waals surface area (Å²) in [6.45, 7) is 0. The summed E-state index contributed by atoms with van der Waals surface area (Å²) in [5.74, 6) is -0.787. The second kappa shape index (κ2) is 5.47. The third kappa shape index (κ3) is 2.97. The lowest BCUT2D eigenvalue weighted by atomic mass is 10.0. The highest BCUT2D eigenvalue weighted by Crippen LogP contribution is 2.35. The van der Waals surface area contributed by atoms with E-state index in [1.54, 1.807) is 24.3 Å². The lowest BCUT2D eigenvalue weighted by Gasteiger charge is -2.09. The molecule has 0 saturated carbocycles. The summed E-state index contributed by atoms with van der Waals surface area (Å²) in [5, 5.41) is 9.77. The first-order valence-corrected chi connectivity index (χ1v) is 6.15. The normalized spacial score (nSPS) is 10.4. The fourth-order valence-corrected chi connectivity index (χ4v) is 2.35. The minimum atomic E-state index is -0.976. The number of aliphatic carboxylic acids is 1. The lowest BCUT2D eigenvalue weighted by Crippen LogP contribution is -2.05. The highest BCUT2D eigenvalue weighted by Gasteiger charge is 2.12. The molecule has 0 aliphatic carbocycles. The number of pyridine rings is 1. The van der Waals surface area contributed by atoms with Crippen LogP contribution in [-0.2, 0) is 11.2 Å². The number of carboxylic acids is 1. The predicted octanol–water partition coefficient (Wildman–Crippen LogP) is 3.26. The first-order chi connectivity index (χ1) is 8.99. The van der Waals surface area contributed by atoms with Gasteiger partial charge in [0.1, 0.15) is 5.82 Å². The van der Waals surface area contributed by atoms with Gasteiger partial charge in [-0.3, -0.25) is 4.79 Å². The van der Waals surface area contributed by atoms with Gasteiger partial charge in [-0.1, -0.05) is 29.3 Å². The van der Waals surface area contributed by atoms with Gasteiger partial charge in [0.25, 0.3) is 0 Å². The minimum absolute atomic E-state index is 0.189. The zero-order chi connectivity index (χ0) is 14.0. The Kier molecular flexibility index (Phi) is 3.93. The van der Waals surface area contributed by atoms with Gasteiger partial charge in [-0.05, 0) is 18.2 Å². The van der Waals surface area contributed by atoms with Crippen LogP contribution in [-0.4, -0.2) is 16.1 Å². The molecule has 2 aromatic rings. The van der Waals surface area contributed by atoms with E-state index in [0.717, 1.165) is 0 Å². The number of nitrogen functional groups attached to an aromatic ring is 1. The van der Waals surface area contributed by atoms with Gasteiger partial charge in [-0.15, -0.1) is 0 Å². The lowest BCUT2D eigenvalue weighted by molar-refractivity contribution is -0.136. The van der Waals surface area contributed by atoms with Gasteiger partial charge in [-0.25, -0.2) is 4.98 Å². The second-order valence-corrected chi connectivity index (χ2v) is 4.75. The maximum Gasteiger partial charge on any atom is 0.307 e. The Morgan fingerprint density at radius 1 is 1.32 bits per heavy atom. The van der Waals surface area contributed by atoms with E-state index in [0.29, 0.717) is 26.7 Å². The average molecular weight is 297 g/mol. The fourth-order valence-electron chi connectivity index (χ4n) is 1.74. The standard InChI is InChI=1S/C13H10Cl2N2O2/c14-9-2-1-3-10(15)12(9)8-4-7(5-11(18)19)13(16)17-6-8/h1-4,6H,5H2,(H2,16,17)(H,18,19). The van der Waals surface area contributed by atoms with Crippen molar-refractivity contribution < 1.29 is 9.90 Å². The number of aromatic nitrogens is 1. The van der Waals surface area contributed by atoms with Crippen molar-refractivity contribution in [2.45, 2.75) is 6.42 Å². The van der Waals surface area contributed by atoms with Crippen molar-refractivity contribution in [2.75, 3.05) is 5.73 Å². The van der Waals surface area contributed by atoms with Crippen LogP contribution in [0.2, 0.25) is 10.0 Å². The number of carboxylic acid groups (broad SMARTS) is 1. The highest BCUT2D eigenvalue weighted by molar-refractivity contribution is 6.39. The Morgan fingerprint density at radius 2 is 1.95 bits per heavy atom. The molecule has 6 heteroatoms. The molecule has 2 rings (SSSR count). The highest BCUT2D eigenvalue weighted by atomic mass is 35.5. The first kappa shape index (κ1) is 13.6. The summed E-state index contributed by atoms with van der Waals surface area (Å²) in [4.78, 5) is 14.8. The molecular formula is C13H10Cl2N2O2. The molecule has 0 aliphatic heterocycles. The van der Waals surface area contributed by atoms with Gasteiger partial charge in [0.15, 0.2) is 0 Å². The molecule has 4 nitrogen and oxygen atoms in total. The molecular weight excluding hydrogens is 287 g/mol. The quantitative estimate of drug-likeness (QED) is 0.911. The van der Waals surface area contributed by atoms with E-state index in [2.05, 4.69) is 4.98 Å². The second-order valence-electron chi connectivity index (χ2n) is 3.94. The summed E-state index contributed by atoms with van der Waals surface area (Å²) >= 11 is 12.2. The van der Waals surface area contributed by atoms with Crippen molar-refractivity contribution in [3.8, 4) is 11.1 Å². The number of nitrogens with zero attached hydrogens (tertiary/aromatic N) is 1. The van der Waals surface area contributed by atoms with E-state index in [1.165, 1.54) is 6.20 Å². The summed E-state index contributed by atoms with van der Waals surface area (Å²) in [6, 6.07) is 6.78. The molecule has 0 unspecified atom stereocenters. The predicted molar refractivity (Wildman–Crippen MR) is 75.4 cm³/mol. The molecule has 0 saturated heterocycles. The van der Waals surface area contributed by atoms with Gasteiger partial charge >= 0.3 is 5.97 Å². The Labute approximate surface area is 119 Å². The number of hydrogen-bond acceptors (Lipinski definition) is 3. The molecule has 0 radical (unpaired) electrons. The number of rotatable bonds is 3. The zero-order valence-electron chi connectivity index (χ0n) is 9.73. The third-order valence-electron chi connectivity index (χ3n) is 2.59. The molecule has 0 aliphatic rings. The van der Waals surface area contributed by atoms with E-state index >= 15 is 0 Å². The fraction of sp³-hybridized carbons (Fsp3) is 0.0769. The molecule has 19 heavy (non-hydrogen) atoms. The van der Waals surface area contributed by atoms with Crippen LogP contribution in [0.1, 0.15) is 5.56 Å². The van der Waals surface area contributed by atoms with E-state index < -0.39 is 5.97 Å². The van der Waals surface area contributed by atoms with Crippen LogP contribution >= 0.6 is 23.2 Å². The van der Waals surface area contributed by atoms with Crippen LogP contribution in [0.5, 0.6) is 0 Å². The molecule has 1 aromatic carbocycles. The van der Waals surface area contributed by atoms with Gasteiger partial charge < -0.3 is 10.8 Å². The third-order valence-corrected chi connectivity index (χ3v) is 3.22. The number of hydrogen-bond donors (Lipinski definition) is 2. The zero-order valence-corrected chi connectivity index (χ0v) is 11.2. The molecule has 0 atom stereocenters.